The van der Waals surface area contributed by atoms with Crippen molar-refractivity contribution in [2.75, 3.05) is 13.6 Å². The zero-order valence-corrected chi connectivity index (χ0v) is 11.2. The van der Waals surface area contributed by atoms with Gasteiger partial charge in [0.05, 0.1) is 6.04 Å². The van der Waals surface area contributed by atoms with Gasteiger partial charge < -0.3 is 25.5 Å². The SMILES string of the molecule is CN1CCCC1B(O)O.NC(C=O)C1CCCC1. The third kappa shape index (κ3) is 4.68. The summed E-state index contributed by atoms with van der Waals surface area (Å²) >= 11 is 0. The molecule has 4 N–H and O–H groups in total. The van der Waals surface area contributed by atoms with Crippen molar-refractivity contribution in [1.82, 2.24) is 4.90 Å². The fraction of sp³-hybridized carbons (Fsp3) is 0.917. The average Bonchev–Trinajstić information content (AvgIpc) is 2.99. The lowest BCUT2D eigenvalue weighted by atomic mass is 9.78. The summed E-state index contributed by atoms with van der Waals surface area (Å²) in [5, 5.41) is 17.5. The van der Waals surface area contributed by atoms with Gasteiger partial charge in [0.2, 0.25) is 0 Å². The number of hydrogen-bond donors (Lipinski definition) is 3. The maximum Gasteiger partial charge on any atom is 0.469 e. The number of likely N-dealkylation sites (tertiary alicyclic amines) is 1. The molecule has 2 atom stereocenters. The molecule has 1 aliphatic carbocycles. The van der Waals surface area contributed by atoms with E-state index in [4.69, 9.17) is 15.8 Å². The molecule has 5 nitrogen and oxygen atoms in total. The predicted octanol–water partition coefficient (Wildman–Crippen LogP) is -0.205. The molecule has 2 fully saturated rings. The summed E-state index contributed by atoms with van der Waals surface area (Å²) < 4.78 is 0. The number of carbonyl (C=O) groups is 1. The topological polar surface area (TPSA) is 86.8 Å². The molecule has 0 amide bonds. The molecule has 1 saturated heterocycles. The highest BCUT2D eigenvalue weighted by atomic mass is 16.4. The number of aldehydes is 1. The summed E-state index contributed by atoms with van der Waals surface area (Å²) in [6, 6.07) is -0.188. The molecule has 1 aliphatic heterocycles. The van der Waals surface area contributed by atoms with Gasteiger partial charge in [0.15, 0.2) is 0 Å². The normalized spacial score (nSPS) is 26.6. The van der Waals surface area contributed by atoms with Gasteiger partial charge in [-0.1, -0.05) is 12.8 Å². The van der Waals surface area contributed by atoms with E-state index in [1.165, 1.54) is 12.8 Å². The Morgan fingerprint density at radius 3 is 2.22 bits per heavy atom. The first-order chi connectivity index (χ1) is 8.56. The average molecular weight is 256 g/mol. The lowest BCUT2D eigenvalue weighted by Gasteiger charge is -2.17. The van der Waals surface area contributed by atoms with Crippen LogP contribution in [0, 0.1) is 5.92 Å². The summed E-state index contributed by atoms with van der Waals surface area (Å²) in [4.78, 5) is 12.1. The minimum atomic E-state index is -1.16. The first-order valence-corrected chi connectivity index (χ1v) is 6.83. The second-order valence-electron chi connectivity index (χ2n) is 5.36. The lowest BCUT2D eigenvalue weighted by Crippen LogP contribution is -2.39. The monoisotopic (exact) mass is 256 g/mol. The highest BCUT2D eigenvalue weighted by molar-refractivity contribution is 6.43. The standard InChI is InChI=1S/C7H13NO.C5H12BNO2/c8-7(5-9)6-3-1-2-4-6;1-7-4-2-3-5(7)6(8)9/h5-7H,1-4,8H2;5,8-9H,2-4H2,1H3. The van der Waals surface area contributed by atoms with Gasteiger partial charge in [-0.15, -0.1) is 0 Å². The van der Waals surface area contributed by atoms with Gasteiger partial charge in [0.25, 0.3) is 0 Å². The minimum Gasteiger partial charge on any atom is -0.426 e. The molecule has 0 bridgehead atoms. The molecule has 2 unspecified atom stereocenters. The zero-order valence-electron chi connectivity index (χ0n) is 11.2. The molecule has 0 aromatic heterocycles. The van der Waals surface area contributed by atoms with E-state index in [1.807, 2.05) is 11.9 Å². The van der Waals surface area contributed by atoms with Crippen LogP contribution in [0.15, 0.2) is 0 Å². The van der Waals surface area contributed by atoms with E-state index in [0.717, 1.165) is 38.5 Å². The van der Waals surface area contributed by atoms with Crippen LogP contribution in [-0.2, 0) is 4.79 Å². The van der Waals surface area contributed by atoms with Gasteiger partial charge in [-0.05, 0) is 45.2 Å². The Hall–Kier alpha value is -0.425. The molecule has 0 spiro atoms. The van der Waals surface area contributed by atoms with Gasteiger partial charge in [-0.2, -0.15) is 0 Å². The van der Waals surface area contributed by atoms with Gasteiger partial charge >= 0.3 is 7.12 Å². The van der Waals surface area contributed by atoms with Crippen molar-refractivity contribution in [3.63, 3.8) is 0 Å². The van der Waals surface area contributed by atoms with Gasteiger partial charge in [-0.25, -0.2) is 0 Å². The number of hydrogen-bond acceptors (Lipinski definition) is 5. The van der Waals surface area contributed by atoms with Crippen LogP contribution in [0.4, 0.5) is 0 Å². The van der Waals surface area contributed by atoms with Crippen molar-refractivity contribution < 1.29 is 14.8 Å². The number of rotatable bonds is 3. The number of carbonyl (C=O) groups excluding carboxylic acids is 1. The molecule has 2 rings (SSSR count). The molecule has 104 valence electrons. The van der Waals surface area contributed by atoms with Crippen molar-refractivity contribution in [1.29, 1.82) is 0 Å². The lowest BCUT2D eigenvalue weighted by molar-refractivity contribution is -0.109. The molecule has 18 heavy (non-hydrogen) atoms. The Morgan fingerprint density at radius 2 is 1.89 bits per heavy atom. The number of nitrogens with two attached hydrogens (primary N) is 1. The van der Waals surface area contributed by atoms with Crippen LogP contribution in [0.25, 0.3) is 0 Å². The van der Waals surface area contributed by atoms with Gasteiger partial charge in [0, 0.05) is 5.94 Å². The van der Waals surface area contributed by atoms with Crippen LogP contribution in [0.3, 0.4) is 0 Å². The molecule has 1 heterocycles. The van der Waals surface area contributed by atoms with E-state index in [9.17, 15) is 4.79 Å². The van der Waals surface area contributed by atoms with Crippen LogP contribution < -0.4 is 5.73 Å². The van der Waals surface area contributed by atoms with Crippen LogP contribution in [0.1, 0.15) is 38.5 Å². The van der Waals surface area contributed by atoms with Crippen LogP contribution in [0.2, 0.25) is 0 Å². The molecule has 1 saturated carbocycles. The Morgan fingerprint density at radius 1 is 1.28 bits per heavy atom. The van der Waals surface area contributed by atoms with E-state index >= 15 is 0 Å². The molecular formula is C12H25BN2O3. The quantitative estimate of drug-likeness (QED) is 0.480. The van der Waals surface area contributed by atoms with E-state index in [2.05, 4.69) is 0 Å². The van der Waals surface area contributed by atoms with E-state index in [1.54, 1.807) is 0 Å². The molecule has 0 radical (unpaired) electrons. The molecule has 0 aromatic carbocycles. The second kappa shape index (κ2) is 7.89. The van der Waals surface area contributed by atoms with Crippen LogP contribution in [0.5, 0.6) is 0 Å². The van der Waals surface area contributed by atoms with Crippen molar-refractivity contribution in [2.24, 2.45) is 11.7 Å². The highest BCUT2D eigenvalue weighted by Gasteiger charge is 2.30. The fourth-order valence-electron chi connectivity index (χ4n) is 2.77. The largest absolute Gasteiger partial charge is 0.469 e. The Bertz CT molecular complexity index is 247. The zero-order chi connectivity index (χ0) is 13.5. The van der Waals surface area contributed by atoms with E-state index < -0.39 is 7.12 Å². The maximum absolute atomic E-state index is 10.2. The summed E-state index contributed by atoms with van der Waals surface area (Å²) in [7, 11) is 0.759. The second-order valence-corrected chi connectivity index (χ2v) is 5.36. The van der Waals surface area contributed by atoms with E-state index in [0.29, 0.717) is 5.92 Å². The van der Waals surface area contributed by atoms with Crippen molar-refractivity contribution in [3.8, 4) is 0 Å². The fourth-order valence-corrected chi connectivity index (χ4v) is 2.77. The Labute approximate surface area is 109 Å². The van der Waals surface area contributed by atoms with Crippen molar-refractivity contribution in [3.05, 3.63) is 0 Å². The van der Waals surface area contributed by atoms with Crippen LogP contribution in [-0.4, -0.2) is 53.9 Å². The first-order valence-electron chi connectivity index (χ1n) is 6.83. The summed E-state index contributed by atoms with van der Waals surface area (Å²) in [6.45, 7) is 0.988. The van der Waals surface area contributed by atoms with Gasteiger partial charge in [0.1, 0.15) is 6.29 Å². The summed E-state index contributed by atoms with van der Waals surface area (Å²) in [5.74, 6) is 0.465. The number of nitrogens with zero attached hydrogens (tertiary/aromatic N) is 1. The Balaban J connectivity index is 0.000000180. The van der Waals surface area contributed by atoms with Gasteiger partial charge in [-0.3, -0.25) is 0 Å². The summed E-state index contributed by atoms with van der Waals surface area (Å²) in [5.41, 5.74) is 5.51. The molecular weight excluding hydrogens is 231 g/mol. The summed E-state index contributed by atoms with van der Waals surface area (Å²) in [6.07, 6.45) is 7.68. The highest BCUT2D eigenvalue weighted by Crippen LogP contribution is 2.25. The maximum atomic E-state index is 10.2. The predicted molar refractivity (Wildman–Crippen MR) is 71.8 cm³/mol. The third-order valence-electron chi connectivity index (χ3n) is 4.02. The third-order valence-corrected chi connectivity index (χ3v) is 4.02. The van der Waals surface area contributed by atoms with Crippen LogP contribution >= 0.6 is 0 Å². The van der Waals surface area contributed by atoms with Crippen molar-refractivity contribution >= 4 is 13.4 Å². The Kier molecular flexibility index (Phi) is 6.85. The molecule has 6 heteroatoms. The minimum absolute atomic E-state index is 0.0231. The first kappa shape index (κ1) is 15.6. The molecule has 0 aromatic rings. The molecule has 2 aliphatic rings. The van der Waals surface area contributed by atoms with E-state index in [-0.39, 0.29) is 12.0 Å². The van der Waals surface area contributed by atoms with Crippen molar-refractivity contribution in [2.45, 2.75) is 50.5 Å². The smallest absolute Gasteiger partial charge is 0.426 e.